The molecule has 0 N–H and O–H groups in total. The van der Waals surface area contributed by atoms with Gasteiger partial charge in [0, 0.05) is 5.56 Å². The topological polar surface area (TPSA) is 71.1 Å². The smallest absolute Gasteiger partial charge is 0.343 e. The van der Waals surface area contributed by atoms with Crippen molar-refractivity contribution in [1.82, 2.24) is 0 Å². The number of ketones is 1. The zero-order valence-electron chi connectivity index (χ0n) is 17.3. The average molecular weight is 416 g/mol. The van der Waals surface area contributed by atoms with E-state index in [9.17, 15) is 9.59 Å². The van der Waals surface area contributed by atoms with Gasteiger partial charge in [-0.25, -0.2) is 4.79 Å². The molecule has 156 valence electrons. The molecule has 0 radical (unpaired) electrons. The Bertz CT molecular complexity index is 1190. The zero-order chi connectivity index (χ0) is 22.0. The van der Waals surface area contributed by atoms with Crippen molar-refractivity contribution in [2.75, 3.05) is 14.2 Å². The first-order valence-electron chi connectivity index (χ1n) is 9.59. The van der Waals surface area contributed by atoms with Crippen molar-refractivity contribution < 1.29 is 28.5 Å². The molecule has 0 aliphatic carbocycles. The first kappa shape index (κ1) is 20.2. The molecule has 0 bridgehead atoms. The van der Waals surface area contributed by atoms with Crippen molar-refractivity contribution >= 4 is 17.8 Å². The van der Waals surface area contributed by atoms with E-state index < -0.39 is 5.97 Å². The maximum Gasteiger partial charge on any atom is 0.343 e. The van der Waals surface area contributed by atoms with Gasteiger partial charge in [-0.1, -0.05) is 30.3 Å². The predicted molar refractivity (Wildman–Crippen MR) is 115 cm³/mol. The fourth-order valence-corrected chi connectivity index (χ4v) is 3.30. The Balaban J connectivity index is 1.59. The molecule has 3 aromatic carbocycles. The molecule has 6 nitrogen and oxygen atoms in total. The Kier molecular flexibility index (Phi) is 5.45. The normalized spacial score (nSPS) is 13.5. The van der Waals surface area contributed by atoms with Gasteiger partial charge in [0.2, 0.25) is 5.78 Å². The highest BCUT2D eigenvalue weighted by Crippen LogP contribution is 2.39. The van der Waals surface area contributed by atoms with E-state index in [1.54, 1.807) is 43.3 Å². The number of hydrogen-bond acceptors (Lipinski definition) is 6. The summed E-state index contributed by atoms with van der Waals surface area (Å²) in [7, 11) is 3.01. The quantitative estimate of drug-likeness (QED) is 0.336. The number of ether oxygens (including phenoxy) is 4. The van der Waals surface area contributed by atoms with Crippen LogP contribution in [0.3, 0.4) is 0 Å². The van der Waals surface area contributed by atoms with Crippen LogP contribution in [0.1, 0.15) is 31.8 Å². The molecule has 6 heteroatoms. The van der Waals surface area contributed by atoms with Crippen LogP contribution in [0, 0.1) is 6.92 Å². The van der Waals surface area contributed by atoms with Gasteiger partial charge in [0.15, 0.2) is 17.3 Å². The second-order valence-corrected chi connectivity index (χ2v) is 6.88. The van der Waals surface area contributed by atoms with Gasteiger partial charge in [-0.15, -0.1) is 0 Å². The summed E-state index contributed by atoms with van der Waals surface area (Å²) >= 11 is 0. The number of allylic oxidation sites excluding steroid dienone is 1. The molecule has 0 spiro atoms. The van der Waals surface area contributed by atoms with Crippen LogP contribution in [0.5, 0.6) is 23.0 Å². The fraction of sp³-hybridized carbons (Fsp3) is 0.120. The first-order chi connectivity index (χ1) is 15.0. The monoisotopic (exact) mass is 416 g/mol. The molecule has 1 aliphatic heterocycles. The molecule has 1 heterocycles. The van der Waals surface area contributed by atoms with Crippen molar-refractivity contribution in [1.29, 1.82) is 0 Å². The van der Waals surface area contributed by atoms with Crippen LogP contribution in [0.2, 0.25) is 0 Å². The van der Waals surface area contributed by atoms with Crippen molar-refractivity contribution in [3.63, 3.8) is 0 Å². The number of benzene rings is 3. The Hall–Kier alpha value is -4.06. The van der Waals surface area contributed by atoms with Crippen molar-refractivity contribution in [2.24, 2.45) is 0 Å². The van der Waals surface area contributed by atoms with Crippen LogP contribution < -0.4 is 18.9 Å². The van der Waals surface area contributed by atoms with Crippen LogP contribution in [0.4, 0.5) is 0 Å². The van der Waals surface area contributed by atoms with Gasteiger partial charge in [0.25, 0.3) is 0 Å². The standard InChI is InChI=1S/C25H20O6/c1-15-19(31-25(27)17-9-11-20(28-2)21(14-17)29-3)12-10-18-23(26)22(30-24(15)18)13-16-7-5-4-6-8-16/h4-14H,1-3H3/b22-13-. The van der Waals surface area contributed by atoms with E-state index in [2.05, 4.69) is 0 Å². The summed E-state index contributed by atoms with van der Waals surface area (Å²) in [5, 5.41) is 0. The lowest BCUT2D eigenvalue weighted by Gasteiger charge is -2.12. The lowest BCUT2D eigenvalue weighted by molar-refractivity contribution is 0.0732. The highest BCUT2D eigenvalue weighted by atomic mass is 16.5. The Morgan fingerprint density at radius 3 is 2.32 bits per heavy atom. The third kappa shape index (κ3) is 3.88. The number of carbonyl (C=O) groups excluding carboxylic acids is 2. The summed E-state index contributed by atoms with van der Waals surface area (Å²) in [6.07, 6.45) is 1.69. The minimum absolute atomic E-state index is 0.209. The Morgan fingerprint density at radius 1 is 0.903 bits per heavy atom. The predicted octanol–water partition coefficient (Wildman–Crippen LogP) is 4.85. The van der Waals surface area contributed by atoms with Gasteiger partial charge in [0.1, 0.15) is 11.5 Å². The molecule has 0 atom stereocenters. The highest BCUT2D eigenvalue weighted by molar-refractivity contribution is 6.15. The Labute approximate surface area is 179 Å². The number of rotatable bonds is 5. The molecule has 31 heavy (non-hydrogen) atoms. The molecule has 3 aromatic rings. The summed E-state index contributed by atoms with van der Waals surface area (Å²) < 4.78 is 21.8. The summed E-state index contributed by atoms with van der Waals surface area (Å²) in [6.45, 7) is 1.74. The molecular formula is C25H20O6. The van der Waals surface area contributed by atoms with E-state index in [-0.39, 0.29) is 11.5 Å². The number of methoxy groups -OCH3 is 2. The van der Waals surface area contributed by atoms with Gasteiger partial charge in [-0.05, 0) is 48.9 Å². The van der Waals surface area contributed by atoms with E-state index in [1.165, 1.54) is 14.2 Å². The minimum Gasteiger partial charge on any atom is -0.493 e. The number of fused-ring (bicyclic) bond motifs is 1. The summed E-state index contributed by atoms with van der Waals surface area (Å²) in [4.78, 5) is 25.4. The number of Topliss-reactive ketones (excluding diaryl/α,β-unsaturated/α-hetero) is 1. The third-order valence-corrected chi connectivity index (χ3v) is 4.96. The van der Waals surface area contributed by atoms with Gasteiger partial charge in [-0.2, -0.15) is 0 Å². The van der Waals surface area contributed by atoms with Crippen LogP contribution in [-0.2, 0) is 0 Å². The lowest BCUT2D eigenvalue weighted by Crippen LogP contribution is -2.10. The molecule has 0 unspecified atom stereocenters. The summed E-state index contributed by atoms with van der Waals surface area (Å²) in [6, 6.07) is 17.4. The summed E-state index contributed by atoms with van der Waals surface area (Å²) in [5.41, 5.74) is 2.16. The largest absolute Gasteiger partial charge is 0.493 e. The van der Waals surface area contributed by atoms with Crippen LogP contribution in [0.25, 0.3) is 6.08 Å². The fourth-order valence-electron chi connectivity index (χ4n) is 3.30. The molecule has 0 amide bonds. The van der Waals surface area contributed by atoms with Gasteiger partial charge < -0.3 is 18.9 Å². The van der Waals surface area contributed by atoms with E-state index in [0.717, 1.165) is 5.56 Å². The minimum atomic E-state index is -0.562. The third-order valence-electron chi connectivity index (χ3n) is 4.96. The Morgan fingerprint density at radius 2 is 1.61 bits per heavy atom. The number of esters is 1. The average Bonchev–Trinajstić information content (AvgIpc) is 3.11. The maximum atomic E-state index is 12.7. The second-order valence-electron chi connectivity index (χ2n) is 6.88. The first-order valence-corrected chi connectivity index (χ1v) is 9.59. The van der Waals surface area contributed by atoms with Gasteiger partial charge in [-0.3, -0.25) is 4.79 Å². The number of carbonyl (C=O) groups is 2. The summed E-state index contributed by atoms with van der Waals surface area (Å²) in [5.74, 6) is 1.10. The van der Waals surface area contributed by atoms with Crippen LogP contribution in [-0.4, -0.2) is 26.0 Å². The number of hydrogen-bond donors (Lipinski definition) is 0. The molecule has 0 saturated heterocycles. The molecule has 0 saturated carbocycles. The van der Waals surface area contributed by atoms with Crippen molar-refractivity contribution in [3.05, 3.63) is 88.7 Å². The highest BCUT2D eigenvalue weighted by Gasteiger charge is 2.30. The molecule has 0 fully saturated rings. The zero-order valence-corrected chi connectivity index (χ0v) is 17.3. The maximum absolute atomic E-state index is 12.7. The van der Waals surface area contributed by atoms with E-state index in [1.807, 2.05) is 30.3 Å². The van der Waals surface area contributed by atoms with Crippen molar-refractivity contribution in [3.8, 4) is 23.0 Å². The van der Waals surface area contributed by atoms with Crippen molar-refractivity contribution in [2.45, 2.75) is 6.92 Å². The lowest BCUT2D eigenvalue weighted by atomic mass is 10.1. The van der Waals surface area contributed by atoms with Gasteiger partial charge >= 0.3 is 5.97 Å². The van der Waals surface area contributed by atoms with Crippen LogP contribution in [0.15, 0.2) is 66.4 Å². The van der Waals surface area contributed by atoms with Gasteiger partial charge in [0.05, 0.1) is 25.3 Å². The molecular weight excluding hydrogens is 396 g/mol. The van der Waals surface area contributed by atoms with Crippen LogP contribution >= 0.6 is 0 Å². The molecule has 4 rings (SSSR count). The van der Waals surface area contributed by atoms with E-state index in [0.29, 0.717) is 39.7 Å². The molecule has 1 aliphatic rings. The van der Waals surface area contributed by atoms with E-state index >= 15 is 0 Å². The second kappa shape index (κ2) is 8.36. The SMILES string of the molecule is COc1ccc(C(=O)Oc2ccc3c(c2C)O/C(=C\c2ccccc2)C3=O)cc1OC. The molecule has 0 aromatic heterocycles. The van der Waals surface area contributed by atoms with E-state index in [4.69, 9.17) is 18.9 Å².